The molecular formula is C16H17ClFNO. The number of hydrogen-bond donors (Lipinski definition) is 1. The number of nitrogens with one attached hydrogen (secondary N) is 1. The monoisotopic (exact) mass is 293 g/mol. The standard InChI is InChI=1S/C16H17ClFNO/c1-11(14-5-3-4-6-16(14)20-2)19-10-12-7-8-13(17)9-15(12)18/h3-9,11,19H,10H2,1-2H3/t11-/m1/s1. The van der Waals surface area contributed by atoms with Crippen LogP contribution in [-0.2, 0) is 6.54 Å². The Morgan fingerprint density at radius 1 is 1.25 bits per heavy atom. The summed E-state index contributed by atoms with van der Waals surface area (Å²) in [5.74, 6) is 0.529. The van der Waals surface area contributed by atoms with Gasteiger partial charge in [-0.2, -0.15) is 0 Å². The first-order valence-corrected chi connectivity index (χ1v) is 6.80. The first kappa shape index (κ1) is 14.8. The lowest BCUT2D eigenvalue weighted by Crippen LogP contribution is -2.19. The molecule has 0 unspecified atom stereocenters. The van der Waals surface area contributed by atoms with Gasteiger partial charge in [0.1, 0.15) is 11.6 Å². The molecule has 0 amide bonds. The minimum Gasteiger partial charge on any atom is -0.496 e. The van der Waals surface area contributed by atoms with E-state index in [9.17, 15) is 4.39 Å². The largest absolute Gasteiger partial charge is 0.496 e. The Labute approximate surface area is 123 Å². The van der Waals surface area contributed by atoms with Gasteiger partial charge in [0.2, 0.25) is 0 Å². The molecule has 0 spiro atoms. The van der Waals surface area contributed by atoms with Gasteiger partial charge in [0.25, 0.3) is 0 Å². The molecule has 0 heterocycles. The predicted molar refractivity (Wildman–Crippen MR) is 79.7 cm³/mol. The van der Waals surface area contributed by atoms with Crippen molar-refractivity contribution >= 4 is 11.6 Å². The van der Waals surface area contributed by atoms with Crippen molar-refractivity contribution in [2.75, 3.05) is 7.11 Å². The zero-order valence-electron chi connectivity index (χ0n) is 11.5. The molecule has 0 saturated carbocycles. The third-order valence-corrected chi connectivity index (χ3v) is 3.45. The molecule has 0 aromatic heterocycles. The summed E-state index contributed by atoms with van der Waals surface area (Å²) in [5, 5.41) is 3.69. The molecule has 2 aromatic carbocycles. The minimum absolute atomic E-state index is 0.0567. The van der Waals surface area contributed by atoms with Crippen molar-refractivity contribution in [2.45, 2.75) is 19.5 Å². The number of methoxy groups -OCH3 is 1. The number of halogens is 2. The van der Waals surface area contributed by atoms with Gasteiger partial charge >= 0.3 is 0 Å². The third-order valence-electron chi connectivity index (χ3n) is 3.22. The molecule has 1 N–H and O–H groups in total. The van der Waals surface area contributed by atoms with Crippen LogP contribution in [0.4, 0.5) is 4.39 Å². The maximum absolute atomic E-state index is 13.7. The van der Waals surface area contributed by atoms with Crippen molar-refractivity contribution < 1.29 is 9.13 Å². The van der Waals surface area contributed by atoms with Crippen LogP contribution in [0.25, 0.3) is 0 Å². The molecule has 0 radical (unpaired) electrons. The summed E-state index contributed by atoms with van der Waals surface area (Å²) in [6, 6.07) is 12.6. The van der Waals surface area contributed by atoms with Crippen LogP contribution >= 0.6 is 11.6 Å². The molecule has 0 aliphatic carbocycles. The normalized spacial score (nSPS) is 12.2. The Morgan fingerprint density at radius 3 is 2.70 bits per heavy atom. The molecule has 0 fully saturated rings. The molecule has 1 atom stereocenters. The van der Waals surface area contributed by atoms with E-state index in [1.54, 1.807) is 19.2 Å². The summed E-state index contributed by atoms with van der Waals surface area (Å²) in [6.45, 7) is 2.45. The van der Waals surface area contributed by atoms with Gasteiger partial charge in [0.05, 0.1) is 7.11 Å². The van der Waals surface area contributed by atoms with Crippen molar-refractivity contribution in [1.82, 2.24) is 5.32 Å². The van der Waals surface area contributed by atoms with Crippen LogP contribution in [0.3, 0.4) is 0 Å². The molecular weight excluding hydrogens is 277 g/mol. The molecule has 0 bridgehead atoms. The number of para-hydroxylation sites is 1. The highest BCUT2D eigenvalue weighted by atomic mass is 35.5. The Balaban J connectivity index is 2.06. The molecule has 106 valence electrons. The van der Waals surface area contributed by atoms with Crippen LogP contribution in [0.5, 0.6) is 5.75 Å². The summed E-state index contributed by atoms with van der Waals surface area (Å²) in [5.41, 5.74) is 1.64. The van der Waals surface area contributed by atoms with Gasteiger partial charge in [-0.15, -0.1) is 0 Å². The highest BCUT2D eigenvalue weighted by Crippen LogP contribution is 2.25. The predicted octanol–water partition coefficient (Wildman–Crippen LogP) is 4.34. The maximum atomic E-state index is 13.7. The van der Waals surface area contributed by atoms with Crippen molar-refractivity contribution in [1.29, 1.82) is 0 Å². The topological polar surface area (TPSA) is 21.3 Å². The minimum atomic E-state index is -0.294. The number of rotatable bonds is 5. The molecule has 2 rings (SSSR count). The summed E-state index contributed by atoms with van der Waals surface area (Å²) in [4.78, 5) is 0. The van der Waals surface area contributed by atoms with E-state index in [-0.39, 0.29) is 11.9 Å². The average molecular weight is 294 g/mol. The number of benzene rings is 2. The lowest BCUT2D eigenvalue weighted by molar-refractivity contribution is 0.401. The Hall–Kier alpha value is -1.58. The van der Waals surface area contributed by atoms with E-state index in [1.165, 1.54) is 6.07 Å². The van der Waals surface area contributed by atoms with E-state index in [0.29, 0.717) is 17.1 Å². The van der Waals surface area contributed by atoms with Crippen molar-refractivity contribution in [3.8, 4) is 5.75 Å². The molecule has 0 aliphatic rings. The summed E-state index contributed by atoms with van der Waals surface area (Å²) >= 11 is 5.74. The molecule has 4 heteroatoms. The lowest BCUT2D eigenvalue weighted by atomic mass is 10.1. The van der Waals surface area contributed by atoms with Crippen LogP contribution in [-0.4, -0.2) is 7.11 Å². The summed E-state index contributed by atoms with van der Waals surface area (Å²) in [6.07, 6.45) is 0. The zero-order chi connectivity index (χ0) is 14.5. The fourth-order valence-electron chi connectivity index (χ4n) is 2.06. The molecule has 2 nitrogen and oxygen atoms in total. The van der Waals surface area contributed by atoms with Gasteiger partial charge in [-0.1, -0.05) is 35.9 Å². The van der Waals surface area contributed by atoms with E-state index >= 15 is 0 Å². The SMILES string of the molecule is COc1ccccc1[C@@H](C)NCc1ccc(Cl)cc1F. The Bertz CT molecular complexity index is 588. The van der Waals surface area contributed by atoms with Crippen LogP contribution in [0.1, 0.15) is 24.1 Å². The molecule has 0 saturated heterocycles. The van der Waals surface area contributed by atoms with Gasteiger partial charge in [-0.3, -0.25) is 0 Å². The maximum Gasteiger partial charge on any atom is 0.129 e. The van der Waals surface area contributed by atoms with Crippen LogP contribution in [0.15, 0.2) is 42.5 Å². The second-order valence-electron chi connectivity index (χ2n) is 4.58. The van der Waals surface area contributed by atoms with E-state index in [2.05, 4.69) is 5.32 Å². The third kappa shape index (κ3) is 3.50. The van der Waals surface area contributed by atoms with Crippen LogP contribution in [0.2, 0.25) is 5.02 Å². The number of ether oxygens (including phenoxy) is 1. The fourth-order valence-corrected chi connectivity index (χ4v) is 2.22. The highest BCUT2D eigenvalue weighted by Gasteiger charge is 2.11. The fraction of sp³-hybridized carbons (Fsp3) is 0.250. The summed E-state index contributed by atoms with van der Waals surface area (Å²) < 4.78 is 19.0. The molecule has 2 aromatic rings. The smallest absolute Gasteiger partial charge is 0.129 e. The highest BCUT2D eigenvalue weighted by molar-refractivity contribution is 6.30. The molecule has 20 heavy (non-hydrogen) atoms. The van der Waals surface area contributed by atoms with Gasteiger partial charge in [-0.25, -0.2) is 4.39 Å². The first-order valence-electron chi connectivity index (χ1n) is 6.42. The second-order valence-corrected chi connectivity index (χ2v) is 5.02. The average Bonchev–Trinajstić information content (AvgIpc) is 2.46. The van der Waals surface area contributed by atoms with E-state index in [4.69, 9.17) is 16.3 Å². The van der Waals surface area contributed by atoms with Gasteiger partial charge in [-0.05, 0) is 25.1 Å². The zero-order valence-corrected chi connectivity index (χ0v) is 12.2. The quantitative estimate of drug-likeness (QED) is 0.885. The van der Waals surface area contributed by atoms with Gasteiger partial charge < -0.3 is 10.1 Å². The van der Waals surface area contributed by atoms with Crippen molar-refractivity contribution in [3.63, 3.8) is 0 Å². The van der Waals surface area contributed by atoms with Crippen LogP contribution in [0, 0.1) is 5.82 Å². The Kier molecular flexibility index (Phi) is 4.99. The van der Waals surface area contributed by atoms with E-state index in [0.717, 1.165) is 11.3 Å². The van der Waals surface area contributed by atoms with Crippen molar-refractivity contribution in [2.24, 2.45) is 0 Å². The second kappa shape index (κ2) is 6.73. The van der Waals surface area contributed by atoms with Gasteiger partial charge in [0, 0.05) is 28.7 Å². The summed E-state index contributed by atoms with van der Waals surface area (Å²) in [7, 11) is 1.64. The lowest BCUT2D eigenvalue weighted by Gasteiger charge is -2.17. The van der Waals surface area contributed by atoms with Crippen LogP contribution < -0.4 is 10.1 Å². The van der Waals surface area contributed by atoms with E-state index in [1.807, 2.05) is 31.2 Å². The number of hydrogen-bond acceptors (Lipinski definition) is 2. The first-order chi connectivity index (χ1) is 9.61. The van der Waals surface area contributed by atoms with Gasteiger partial charge in [0.15, 0.2) is 0 Å². The Morgan fingerprint density at radius 2 is 2.00 bits per heavy atom. The molecule has 0 aliphatic heterocycles. The van der Waals surface area contributed by atoms with Crippen molar-refractivity contribution in [3.05, 3.63) is 64.4 Å². The van der Waals surface area contributed by atoms with E-state index < -0.39 is 0 Å².